The van der Waals surface area contributed by atoms with Crippen LogP contribution in [0.5, 0.6) is 0 Å². The summed E-state index contributed by atoms with van der Waals surface area (Å²) in [7, 11) is 0. The summed E-state index contributed by atoms with van der Waals surface area (Å²) in [5, 5.41) is 95.5. The number of aliphatic hydroxyl groups excluding tert-OH is 7. The zero-order valence-electron chi connectivity index (χ0n) is 74.4. The van der Waals surface area contributed by atoms with Crippen molar-refractivity contribution in [2.24, 2.45) is 0 Å². The Morgan fingerprint density at radius 1 is 0.392 bits per heavy atom. The Hall–Kier alpha value is -7.38. The third-order valence-corrected chi connectivity index (χ3v) is 30.3. The monoisotopic (exact) mass is 1840 g/mol. The number of hydrogen-bond acceptors (Lipinski definition) is 29. The molecule has 0 aromatic carbocycles. The van der Waals surface area contributed by atoms with Gasteiger partial charge in [-0.3, -0.25) is 46.8 Å². The Labute approximate surface area is 721 Å². The number of rotatable bonds is 21. The van der Waals surface area contributed by atoms with Crippen LogP contribution in [0.1, 0.15) is 126 Å². The molecule has 0 bridgehead atoms. The average molecular weight is 1840 g/mol. The van der Waals surface area contributed by atoms with E-state index in [0.717, 1.165) is 30.8 Å². The minimum Gasteiger partial charge on any atom is -0.387 e. The van der Waals surface area contributed by atoms with Gasteiger partial charge in [0.15, 0.2) is 93.1 Å². The first-order valence-corrected chi connectivity index (χ1v) is 56.3. The maximum Gasteiger partial charge on any atom is 0.279 e. The second-order valence-corrected chi connectivity index (χ2v) is 59.1. The molecule has 0 unspecified atom stereocenters. The molecular weight excluding hydrogens is 1720 g/mol. The molecule has 14 N–H and O–H groups in total. The Balaban J connectivity index is 0.000000152. The minimum absolute atomic E-state index is 0.124. The van der Waals surface area contributed by atoms with Crippen molar-refractivity contribution in [2.45, 2.75) is 222 Å². The molecule has 10 aromatic heterocycles. The molecule has 45 heteroatoms. The normalized spacial score (nSPS) is 29.6. The molecule has 125 heavy (non-hydrogen) atoms. The van der Waals surface area contributed by atoms with Crippen molar-refractivity contribution in [2.75, 3.05) is 97.5 Å². The SMILES string of the molecule is C=P(C)(C)CC[C@@]1(C)O[C@@H](n2cnc3c(=O)[nH]c(C)nc32)[C@H](O)[C@@H]1O.C=P(C)(C)CC[C@@]1(CC)O[C@@H](n2cnc3c(=O)[nH]c(C)nc32)[C@H](O)[C@@H]1O.C=P(C)(C)CC[C@H]1O[C@@H](n2cnc3c(=O)[nH]c(C)nc32)[C@@](C)(O)[C@@H]1O.C=P(C)(C)CC[C@H]1O[C@@H](n2cnc3c(=O)[nH]c(C)nc32)[C@H](F)[C@@H]1O.C=P(C)(C)CC[C@H]1O[C@@H](n2cnc3c(=O)[nH]c(C)nc32)[C@](C)(O)[C@@H]1O. The molecule has 5 aliphatic heterocycles. The van der Waals surface area contributed by atoms with Gasteiger partial charge in [-0.25, -0.2) is 54.2 Å². The molecular formula is C80H124FN20O19P5. The van der Waals surface area contributed by atoms with Gasteiger partial charge in [-0.2, -0.15) is 0 Å². The number of H-pyrrole nitrogens is 5. The zero-order valence-corrected chi connectivity index (χ0v) is 78.8. The van der Waals surface area contributed by atoms with Gasteiger partial charge < -0.3 is 94.6 Å². The molecule has 690 valence electrons. The Morgan fingerprint density at radius 2 is 0.672 bits per heavy atom. The lowest BCUT2D eigenvalue weighted by atomic mass is 9.90. The van der Waals surface area contributed by atoms with Crippen LogP contribution in [0.2, 0.25) is 0 Å². The average Bonchev–Trinajstić information content (AvgIpc) is 1.62. The lowest BCUT2D eigenvalue weighted by Gasteiger charge is -2.32. The van der Waals surface area contributed by atoms with Crippen LogP contribution in [0.25, 0.3) is 55.8 Å². The van der Waals surface area contributed by atoms with Crippen molar-refractivity contribution < 1.29 is 74.0 Å². The van der Waals surface area contributed by atoms with E-state index < -0.39 is 155 Å². The van der Waals surface area contributed by atoms with E-state index in [9.17, 15) is 74.3 Å². The maximum atomic E-state index is 14.6. The van der Waals surface area contributed by atoms with Crippen molar-refractivity contribution in [3.8, 4) is 0 Å². The number of aliphatic hydroxyl groups is 9. The number of nitrogens with zero attached hydrogens (tertiary/aromatic N) is 15. The lowest BCUT2D eigenvalue weighted by molar-refractivity contribution is -0.106. The van der Waals surface area contributed by atoms with E-state index >= 15 is 0 Å². The van der Waals surface area contributed by atoms with E-state index in [1.165, 1.54) is 68.3 Å². The van der Waals surface area contributed by atoms with Crippen LogP contribution in [0.3, 0.4) is 0 Å². The number of fused-ring (bicyclic) bond motifs is 5. The Kier molecular flexibility index (Phi) is 29.0. The molecule has 5 fully saturated rings. The van der Waals surface area contributed by atoms with E-state index in [4.69, 9.17) is 23.7 Å². The number of aryl methyl sites for hydroxylation is 5. The number of nitrogens with one attached hydrogen (secondary N) is 5. The Morgan fingerprint density at radius 3 is 0.992 bits per heavy atom. The number of aromatic amines is 5. The minimum atomic E-state index is -1.61. The maximum absolute atomic E-state index is 14.6. The summed E-state index contributed by atoms with van der Waals surface area (Å²) in [6.45, 7) is 29.8. The van der Waals surface area contributed by atoms with Crippen molar-refractivity contribution >= 4 is 122 Å². The molecule has 0 spiro atoms. The third-order valence-electron chi connectivity index (χ3n) is 23.0. The fourth-order valence-electron chi connectivity index (χ4n) is 15.7. The highest BCUT2D eigenvalue weighted by molar-refractivity contribution is 7.73. The van der Waals surface area contributed by atoms with Crippen molar-refractivity contribution in [1.29, 1.82) is 0 Å². The second-order valence-electron chi connectivity index (χ2n) is 37.6. The molecule has 20 atom stereocenters. The zero-order chi connectivity index (χ0) is 92.6. The van der Waals surface area contributed by atoms with Gasteiger partial charge in [0.25, 0.3) is 27.8 Å². The number of ether oxygens (including phenoxy) is 5. The van der Waals surface area contributed by atoms with Gasteiger partial charge in [0.05, 0.1) is 61.2 Å². The summed E-state index contributed by atoms with van der Waals surface area (Å²) in [6, 6.07) is 0. The standard InChI is InChI=1S/C17H27N4O4P.3C16H25N4O4P.C15H22FN4O3P/c1-6-17(7-8-26(3,4)5)13(23)12(22)16(25-17)21-9-18-11-14(21)19-10(2)20-15(11)24;1-9-18-13-10(14(23)19-9)17-8-20(13)15-11(21)12(22)16(2,24-15)6-7-25(3,4)5;2*1-9-18-13-11(14(22)19-9)17-8-20(13)15-16(2,23)12(21)10(24-15)6-7-25(3,4)5;1-8-18-13-11(14(22)19-8)17-7-20(13)15-10(16)12(21)9(23-15)5-6-24(2,3)4/h9,12-13,16,22-23H,3,6-8H2,1-2,4-5H3,(H,19,20,24);8,11-12,15,21-22H,3,6-7H2,1-2,4-5H3,(H,18,19,23);2*8,10,12,15,21,23H,3,6-7H2,1-2,4-5H3,(H,18,19,22);7,9-10,12,15,21H,2,5-6H2,1,3-4H3,(H,18,19,22)/t12-,13+,16-,17-;11-,12+,15-,16-;10-,12-,15-,16+;10-,12-,15-,16-;9-,10-,12-,15-/m11111/s1. The van der Waals surface area contributed by atoms with E-state index in [-0.39, 0.29) is 61.0 Å². The van der Waals surface area contributed by atoms with Gasteiger partial charge >= 0.3 is 0 Å². The second kappa shape index (κ2) is 36.9. The summed E-state index contributed by atoms with van der Waals surface area (Å²) in [4.78, 5) is 115. The van der Waals surface area contributed by atoms with Gasteiger partial charge in [0, 0.05) is 0 Å². The van der Waals surface area contributed by atoms with Crippen molar-refractivity contribution in [1.82, 2.24) is 97.6 Å². The van der Waals surface area contributed by atoms with E-state index in [1.54, 1.807) is 41.5 Å². The number of imidazole rings is 5. The molecule has 10 aromatic rings. The van der Waals surface area contributed by atoms with Crippen LogP contribution in [-0.4, -0.2) is 362 Å². The van der Waals surface area contributed by atoms with Gasteiger partial charge in [0.2, 0.25) is 0 Å². The first-order valence-electron chi connectivity index (χ1n) is 41.0. The summed E-state index contributed by atoms with van der Waals surface area (Å²) < 4.78 is 52.1. The quantitative estimate of drug-likeness (QED) is 0.0456. The summed E-state index contributed by atoms with van der Waals surface area (Å²) in [5.74, 6) is 2.18. The van der Waals surface area contributed by atoms with E-state index in [0.29, 0.717) is 90.2 Å². The van der Waals surface area contributed by atoms with Gasteiger partial charge in [0.1, 0.15) is 83.1 Å². The molecule has 0 saturated carbocycles. The van der Waals surface area contributed by atoms with E-state index in [2.05, 4.69) is 173 Å². The number of alkyl halides is 1. The number of hydrogen-bond donors (Lipinski definition) is 14. The van der Waals surface area contributed by atoms with Gasteiger partial charge in [-0.1, -0.05) is 6.92 Å². The number of halogens is 1. The fraction of sp³-hybridized carbons (Fsp3) is 0.625. The summed E-state index contributed by atoms with van der Waals surface area (Å²) in [5.41, 5.74) is -4.19. The van der Waals surface area contributed by atoms with Crippen LogP contribution in [0.4, 0.5) is 4.39 Å². The van der Waals surface area contributed by atoms with Crippen LogP contribution >= 0.6 is 34.4 Å². The highest BCUT2D eigenvalue weighted by atomic mass is 31.2. The highest BCUT2D eigenvalue weighted by Gasteiger charge is 2.57. The topological polar surface area (TPSA) is 546 Å². The first-order chi connectivity index (χ1) is 57.8. The van der Waals surface area contributed by atoms with Crippen LogP contribution < -0.4 is 27.8 Å². The van der Waals surface area contributed by atoms with Gasteiger partial charge in [-0.05, 0) is 191 Å². The predicted molar refractivity (Wildman–Crippen MR) is 493 cm³/mol. The first kappa shape index (κ1) is 98.2. The molecule has 15 rings (SSSR count). The lowest BCUT2D eigenvalue weighted by Crippen LogP contribution is -2.43. The van der Waals surface area contributed by atoms with E-state index in [1.807, 2.05) is 6.92 Å². The van der Waals surface area contributed by atoms with Gasteiger partial charge in [-0.15, -0.1) is 65.9 Å². The van der Waals surface area contributed by atoms with Crippen LogP contribution in [0.15, 0.2) is 55.6 Å². The predicted octanol–water partition coefficient (Wildman–Crippen LogP) is 3.66. The highest BCUT2D eigenvalue weighted by Crippen LogP contribution is 2.50. The van der Waals surface area contributed by atoms with Crippen LogP contribution in [0, 0.1) is 34.6 Å². The fourth-order valence-corrected chi connectivity index (χ4v) is 20.6. The molecule has 0 amide bonds. The largest absolute Gasteiger partial charge is 0.387 e. The number of aromatic nitrogens is 20. The summed E-state index contributed by atoms with van der Waals surface area (Å²) >= 11 is 0. The van der Waals surface area contributed by atoms with Crippen molar-refractivity contribution in [3.63, 3.8) is 0 Å². The molecule has 5 saturated heterocycles. The van der Waals surface area contributed by atoms with Crippen LogP contribution in [-0.2, 0) is 23.7 Å². The molecule has 5 aliphatic rings. The van der Waals surface area contributed by atoms with Crippen molar-refractivity contribution in [3.05, 3.63) is 113 Å². The molecule has 0 aliphatic carbocycles. The molecule has 0 radical (unpaired) electrons. The molecule has 39 nitrogen and oxygen atoms in total. The summed E-state index contributed by atoms with van der Waals surface area (Å²) in [6.07, 6.45) is 20.1. The Bertz CT molecular complexity index is 6030. The smallest absolute Gasteiger partial charge is 0.279 e. The third kappa shape index (κ3) is 21.6. The molecule has 15 heterocycles.